The summed E-state index contributed by atoms with van der Waals surface area (Å²) in [6.07, 6.45) is -0.685. The third-order valence-corrected chi connectivity index (χ3v) is 1.77. The van der Waals surface area contributed by atoms with Crippen LogP contribution in [0.25, 0.3) is 0 Å². The van der Waals surface area contributed by atoms with Crippen LogP contribution < -0.4 is 20.4 Å². The predicted molar refractivity (Wildman–Crippen MR) is 45.4 cm³/mol. The van der Waals surface area contributed by atoms with Crippen molar-refractivity contribution in [2.75, 3.05) is 0 Å². The van der Waals surface area contributed by atoms with Crippen LogP contribution in [0.5, 0.6) is 0 Å². The first kappa shape index (κ1) is 15.4. The Morgan fingerprint density at radius 3 is 1.11 bits per heavy atom. The molecule has 0 aromatic rings. The Kier molecular flexibility index (Phi) is 5.84. The summed E-state index contributed by atoms with van der Waals surface area (Å²) in [5.74, 6) is -7.25. The van der Waals surface area contributed by atoms with Crippen LogP contribution >= 0.6 is 0 Å². The molecule has 0 heterocycles. The fraction of sp³-hybridized carbons (Fsp3) is 0.200. The summed E-state index contributed by atoms with van der Waals surface area (Å²) in [6.45, 7) is 0. The number of rotatable bonds is 7. The Hall–Kier alpha value is -2.64. The summed E-state index contributed by atoms with van der Waals surface area (Å²) in [5.41, 5.74) is -1.47. The van der Waals surface area contributed by atoms with Gasteiger partial charge in [0.25, 0.3) is 0 Å². The van der Waals surface area contributed by atoms with Crippen molar-refractivity contribution in [3.05, 3.63) is 23.3 Å². The zero-order chi connectivity index (χ0) is 14.3. The van der Waals surface area contributed by atoms with Gasteiger partial charge in [-0.15, -0.1) is 0 Å². The number of hydrogen-bond acceptors (Lipinski definition) is 8. The molecule has 0 saturated heterocycles. The molecule has 0 aliphatic carbocycles. The lowest BCUT2D eigenvalue weighted by Gasteiger charge is -2.12. The van der Waals surface area contributed by atoms with Crippen LogP contribution in [0.4, 0.5) is 0 Å². The van der Waals surface area contributed by atoms with Gasteiger partial charge >= 0.3 is 0 Å². The van der Waals surface area contributed by atoms with Crippen molar-refractivity contribution in [1.29, 1.82) is 0 Å². The van der Waals surface area contributed by atoms with Crippen molar-refractivity contribution in [3.63, 3.8) is 0 Å². The summed E-state index contributed by atoms with van der Waals surface area (Å²) in [6, 6.07) is 0. The van der Waals surface area contributed by atoms with Gasteiger partial charge in [0.2, 0.25) is 0 Å². The highest BCUT2D eigenvalue weighted by atomic mass is 16.4. The van der Waals surface area contributed by atoms with Crippen LogP contribution in [0.3, 0.4) is 0 Å². The zero-order valence-electron chi connectivity index (χ0n) is 8.83. The highest BCUT2D eigenvalue weighted by Crippen LogP contribution is 2.10. The number of carbonyl (C=O) groups is 4. The van der Waals surface area contributed by atoms with E-state index in [1.807, 2.05) is 0 Å². The smallest absolute Gasteiger partial charge is 0.0675 e. The Morgan fingerprint density at radius 1 is 0.667 bits per heavy atom. The standard InChI is InChI=1S/C10H10O8/c11-7(12)3-5(9(15)16)1-2-6(10(17)18)4-8(13)14/h3-4H,1-2H2,(H,11,12)(H,13,14)(H,15,16)(H,17,18)/p-4/b5-3+,6-4+. The highest BCUT2D eigenvalue weighted by molar-refractivity contribution is 5.94. The van der Waals surface area contributed by atoms with Crippen molar-refractivity contribution in [3.8, 4) is 0 Å². The first-order chi connectivity index (χ1) is 8.23. The second kappa shape index (κ2) is 6.84. The number of hydrogen-bond donors (Lipinski definition) is 0. The quantitative estimate of drug-likeness (QED) is 0.406. The van der Waals surface area contributed by atoms with Gasteiger partial charge < -0.3 is 39.6 Å². The topological polar surface area (TPSA) is 161 Å². The van der Waals surface area contributed by atoms with E-state index in [2.05, 4.69) is 0 Å². The molecule has 98 valence electrons. The van der Waals surface area contributed by atoms with Crippen molar-refractivity contribution in [2.45, 2.75) is 12.8 Å². The van der Waals surface area contributed by atoms with E-state index in [4.69, 9.17) is 0 Å². The number of carboxylic acids is 4. The second-order valence-electron chi connectivity index (χ2n) is 3.05. The first-order valence-electron chi connectivity index (χ1n) is 4.49. The molecule has 0 aliphatic heterocycles. The molecule has 0 aromatic heterocycles. The average molecular weight is 254 g/mol. The summed E-state index contributed by atoms with van der Waals surface area (Å²) < 4.78 is 0. The third kappa shape index (κ3) is 6.05. The monoisotopic (exact) mass is 254 g/mol. The molecule has 0 saturated carbocycles. The zero-order valence-corrected chi connectivity index (χ0v) is 8.83. The molecule has 0 N–H and O–H groups in total. The SMILES string of the molecule is O=C([O-])/C=C(\CC/C(=C\C(=O)[O-])C(=O)[O-])C(=O)[O-]. The second-order valence-corrected chi connectivity index (χ2v) is 3.05. The molecular weight excluding hydrogens is 248 g/mol. The van der Waals surface area contributed by atoms with E-state index in [0.717, 1.165) is 0 Å². The number of carboxylic acid groups (broad SMARTS) is 4. The van der Waals surface area contributed by atoms with Gasteiger partial charge in [-0.1, -0.05) is 0 Å². The predicted octanol–water partition coefficient (Wildman–Crippen LogP) is -5.38. The maximum Gasteiger partial charge on any atom is 0.0675 e. The molecule has 0 rings (SSSR count). The van der Waals surface area contributed by atoms with E-state index in [-0.39, 0.29) is 12.2 Å². The van der Waals surface area contributed by atoms with Gasteiger partial charge in [-0.2, -0.15) is 0 Å². The molecule has 0 aliphatic rings. The fourth-order valence-electron chi connectivity index (χ4n) is 1.02. The van der Waals surface area contributed by atoms with E-state index < -0.39 is 47.9 Å². The van der Waals surface area contributed by atoms with Crippen molar-refractivity contribution < 1.29 is 39.6 Å². The van der Waals surface area contributed by atoms with Gasteiger partial charge in [0.15, 0.2) is 0 Å². The minimum atomic E-state index is -1.83. The molecular formula is C10H6O8-4. The van der Waals surface area contributed by atoms with E-state index >= 15 is 0 Å². The largest absolute Gasteiger partial charge is 0.545 e. The van der Waals surface area contributed by atoms with E-state index in [0.29, 0.717) is 0 Å². The Balaban J connectivity index is 4.89. The Bertz CT molecular complexity index is 401. The minimum Gasteiger partial charge on any atom is -0.545 e. The molecule has 8 heteroatoms. The summed E-state index contributed by atoms with van der Waals surface area (Å²) in [4.78, 5) is 41.2. The third-order valence-electron chi connectivity index (χ3n) is 1.77. The van der Waals surface area contributed by atoms with Crippen LogP contribution in [0.2, 0.25) is 0 Å². The van der Waals surface area contributed by atoms with Crippen LogP contribution in [0.15, 0.2) is 23.3 Å². The molecule has 0 fully saturated rings. The molecule has 0 amide bonds. The number of carbonyl (C=O) groups excluding carboxylic acids is 4. The van der Waals surface area contributed by atoms with Gasteiger partial charge in [-0.3, -0.25) is 0 Å². The van der Waals surface area contributed by atoms with Crippen LogP contribution in [0.1, 0.15) is 12.8 Å². The Morgan fingerprint density at radius 2 is 0.944 bits per heavy atom. The van der Waals surface area contributed by atoms with Crippen LogP contribution in [-0.2, 0) is 19.2 Å². The minimum absolute atomic E-state index is 0.223. The maximum absolute atomic E-state index is 10.5. The number of aliphatic carboxylic acids is 4. The van der Waals surface area contributed by atoms with Gasteiger partial charge in [0.05, 0.1) is 23.9 Å². The summed E-state index contributed by atoms with van der Waals surface area (Å²) in [5, 5.41) is 41.2. The van der Waals surface area contributed by atoms with Gasteiger partial charge in [-0.25, -0.2) is 0 Å². The van der Waals surface area contributed by atoms with Crippen LogP contribution in [-0.4, -0.2) is 23.9 Å². The normalized spacial score (nSPS) is 12.0. The lowest BCUT2D eigenvalue weighted by atomic mass is 10.0. The molecule has 0 aromatic carbocycles. The van der Waals surface area contributed by atoms with Crippen molar-refractivity contribution >= 4 is 23.9 Å². The first-order valence-corrected chi connectivity index (χ1v) is 4.49. The summed E-state index contributed by atoms with van der Waals surface area (Å²) in [7, 11) is 0. The lowest BCUT2D eigenvalue weighted by molar-refractivity contribution is -0.303. The van der Waals surface area contributed by atoms with E-state index in [9.17, 15) is 39.6 Å². The van der Waals surface area contributed by atoms with Crippen molar-refractivity contribution in [1.82, 2.24) is 0 Å². The molecule has 0 atom stereocenters. The summed E-state index contributed by atoms with van der Waals surface area (Å²) >= 11 is 0. The average Bonchev–Trinajstić information content (AvgIpc) is 2.20. The Labute approximate surface area is 100 Å². The molecule has 0 spiro atoms. The van der Waals surface area contributed by atoms with E-state index in [1.165, 1.54) is 0 Å². The fourth-order valence-corrected chi connectivity index (χ4v) is 1.02. The molecule has 0 radical (unpaired) electrons. The lowest BCUT2D eigenvalue weighted by Crippen LogP contribution is -2.30. The van der Waals surface area contributed by atoms with Gasteiger partial charge in [0, 0.05) is 0 Å². The maximum atomic E-state index is 10.5. The molecule has 0 bridgehead atoms. The van der Waals surface area contributed by atoms with Crippen LogP contribution in [0, 0.1) is 0 Å². The van der Waals surface area contributed by atoms with Gasteiger partial charge in [0.1, 0.15) is 0 Å². The molecule has 8 nitrogen and oxygen atoms in total. The van der Waals surface area contributed by atoms with E-state index in [1.54, 1.807) is 0 Å². The molecule has 0 unspecified atom stereocenters. The highest BCUT2D eigenvalue weighted by Gasteiger charge is 2.04. The molecule has 18 heavy (non-hydrogen) atoms. The van der Waals surface area contributed by atoms with Gasteiger partial charge in [-0.05, 0) is 36.1 Å². The van der Waals surface area contributed by atoms with Crippen molar-refractivity contribution in [2.24, 2.45) is 0 Å².